The Morgan fingerprint density at radius 2 is 2.00 bits per heavy atom. The monoisotopic (exact) mass is 398 g/mol. The van der Waals surface area contributed by atoms with Gasteiger partial charge in [-0.1, -0.05) is 18.2 Å². The van der Waals surface area contributed by atoms with Gasteiger partial charge in [-0.25, -0.2) is 4.39 Å². The third-order valence-corrected chi connectivity index (χ3v) is 5.99. The van der Waals surface area contributed by atoms with Crippen molar-refractivity contribution in [1.29, 1.82) is 0 Å². The first-order chi connectivity index (χ1) is 14.0. The van der Waals surface area contributed by atoms with Crippen LogP contribution in [0.1, 0.15) is 42.4 Å². The Kier molecular flexibility index (Phi) is 7.26. The van der Waals surface area contributed by atoms with Crippen molar-refractivity contribution in [2.75, 3.05) is 25.5 Å². The number of hydrogen-bond donors (Lipinski definition) is 1. The van der Waals surface area contributed by atoms with E-state index < -0.39 is 5.82 Å². The third-order valence-electron chi connectivity index (χ3n) is 5.99. The van der Waals surface area contributed by atoms with Crippen LogP contribution in [0.25, 0.3) is 0 Å². The number of carbonyl (C=O) groups excluding carboxylic acids is 1. The molecule has 5 heteroatoms. The molecule has 0 bridgehead atoms. The molecule has 2 aromatic rings. The molecule has 4 nitrogen and oxygen atoms in total. The van der Waals surface area contributed by atoms with E-state index in [1.165, 1.54) is 22.8 Å². The van der Waals surface area contributed by atoms with E-state index in [-0.39, 0.29) is 11.6 Å². The Bertz CT molecular complexity index is 853. The number of nitrogens with zero attached hydrogens (tertiary/aromatic N) is 1. The molecule has 1 atom stereocenters. The second-order valence-corrected chi connectivity index (χ2v) is 7.99. The van der Waals surface area contributed by atoms with Crippen LogP contribution in [-0.4, -0.2) is 31.0 Å². The summed E-state index contributed by atoms with van der Waals surface area (Å²) >= 11 is 0. The maximum atomic E-state index is 13.7. The lowest BCUT2D eigenvalue weighted by atomic mass is 9.92. The molecule has 1 aliphatic heterocycles. The second kappa shape index (κ2) is 9.88. The second-order valence-electron chi connectivity index (χ2n) is 7.99. The normalized spacial score (nSPS) is 17.2. The van der Waals surface area contributed by atoms with Crippen LogP contribution in [0, 0.1) is 25.6 Å². The predicted octanol–water partition coefficient (Wildman–Crippen LogP) is 5.08. The molecule has 1 fully saturated rings. The molecule has 2 aromatic carbocycles. The van der Waals surface area contributed by atoms with E-state index >= 15 is 0 Å². The van der Waals surface area contributed by atoms with Crippen LogP contribution < -0.4 is 10.1 Å². The van der Waals surface area contributed by atoms with Gasteiger partial charge in [0.05, 0.1) is 12.8 Å². The number of halogens is 1. The molecule has 1 amide bonds. The van der Waals surface area contributed by atoms with Crippen molar-refractivity contribution in [2.24, 2.45) is 5.92 Å². The fraction of sp³-hybridized carbons (Fsp3) is 0.458. The van der Waals surface area contributed by atoms with E-state index in [1.54, 1.807) is 25.3 Å². The maximum absolute atomic E-state index is 13.7. The van der Waals surface area contributed by atoms with Gasteiger partial charge < -0.3 is 10.1 Å². The van der Waals surface area contributed by atoms with Crippen molar-refractivity contribution in [3.8, 4) is 5.75 Å². The van der Waals surface area contributed by atoms with Crippen LogP contribution in [0.5, 0.6) is 5.75 Å². The average molecular weight is 399 g/mol. The molecule has 1 heterocycles. The van der Waals surface area contributed by atoms with E-state index in [4.69, 9.17) is 4.74 Å². The van der Waals surface area contributed by atoms with Crippen LogP contribution in [0.15, 0.2) is 36.4 Å². The highest BCUT2D eigenvalue weighted by molar-refractivity contribution is 5.90. The standard InChI is InChI=1S/C24H31FN2O2/c1-17-18(2)23(29-3)12-11-20(17)16-27-14-6-7-19(15-27)10-13-24(28)26-22-9-5-4-8-21(22)25/h4-5,8-9,11-12,19H,6-7,10,13-16H2,1-3H3,(H,26,28). The lowest BCUT2D eigenvalue weighted by Gasteiger charge is -2.33. The van der Waals surface area contributed by atoms with Crippen LogP contribution in [0.3, 0.4) is 0 Å². The summed E-state index contributed by atoms with van der Waals surface area (Å²) in [6.45, 7) is 7.26. The molecular formula is C24H31FN2O2. The fourth-order valence-corrected chi connectivity index (χ4v) is 4.13. The van der Waals surface area contributed by atoms with Gasteiger partial charge in [-0.3, -0.25) is 9.69 Å². The molecule has 0 radical (unpaired) electrons. The van der Waals surface area contributed by atoms with Crippen LogP contribution >= 0.6 is 0 Å². The van der Waals surface area contributed by atoms with E-state index in [9.17, 15) is 9.18 Å². The van der Waals surface area contributed by atoms with Gasteiger partial charge in [-0.15, -0.1) is 0 Å². The third kappa shape index (κ3) is 5.57. The first-order valence-corrected chi connectivity index (χ1v) is 10.4. The van der Waals surface area contributed by atoms with Crippen LogP contribution in [0.2, 0.25) is 0 Å². The summed E-state index contributed by atoms with van der Waals surface area (Å²) in [6, 6.07) is 10.5. The number of likely N-dealkylation sites (tertiary alicyclic amines) is 1. The average Bonchev–Trinajstić information content (AvgIpc) is 2.72. The van der Waals surface area contributed by atoms with Crippen molar-refractivity contribution in [2.45, 2.75) is 46.1 Å². The van der Waals surface area contributed by atoms with Crippen molar-refractivity contribution in [3.05, 3.63) is 58.9 Å². The Hall–Kier alpha value is -2.40. The number of rotatable bonds is 7. The minimum absolute atomic E-state index is 0.117. The highest BCUT2D eigenvalue weighted by atomic mass is 19.1. The molecule has 0 spiro atoms. The number of benzene rings is 2. The first-order valence-electron chi connectivity index (χ1n) is 10.4. The zero-order valence-electron chi connectivity index (χ0n) is 17.6. The van der Waals surface area contributed by atoms with Gasteiger partial charge >= 0.3 is 0 Å². The summed E-state index contributed by atoms with van der Waals surface area (Å²) in [5, 5.41) is 2.69. The Morgan fingerprint density at radius 1 is 1.21 bits per heavy atom. The zero-order chi connectivity index (χ0) is 20.8. The SMILES string of the molecule is COc1ccc(CN2CCCC(CCC(=O)Nc3ccccc3F)C2)c(C)c1C. The summed E-state index contributed by atoms with van der Waals surface area (Å²) in [4.78, 5) is 14.7. The van der Waals surface area contributed by atoms with Gasteiger partial charge in [0.25, 0.3) is 0 Å². The summed E-state index contributed by atoms with van der Waals surface area (Å²) in [5.74, 6) is 0.919. The van der Waals surface area contributed by atoms with Crippen LogP contribution in [-0.2, 0) is 11.3 Å². The van der Waals surface area contributed by atoms with E-state index in [0.29, 0.717) is 12.3 Å². The van der Waals surface area contributed by atoms with Gasteiger partial charge in [0.1, 0.15) is 11.6 Å². The number of amides is 1. The number of anilines is 1. The topological polar surface area (TPSA) is 41.6 Å². The lowest BCUT2D eigenvalue weighted by molar-refractivity contribution is -0.116. The minimum Gasteiger partial charge on any atom is -0.496 e. The van der Waals surface area contributed by atoms with Gasteiger partial charge in [0, 0.05) is 19.5 Å². The zero-order valence-corrected chi connectivity index (χ0v) is 17.6. The maximum Gasteiger partial charge on any atom is 0.224 e. The molecule has 1 saturated heterocycles. The summed E-state index contributed by atoms with van der Waals surface area (Å²) < 4.78 is 19.1. The van der Waals surface area contributed by atoms with E-state index in [0.717, 1.165) is 44.6 Å². The van der Waals surface area contributed by atoms with Gasteiger partial charge in [-0.05, 0) is 80.5 Å². The summed E-state index contributed by atoms with van der Waals surface area (Å²) in [7, 11) is 1.71. The summed E-state index contributed by atoms with van der Waals surface area (Å²) in [6.07, 6.45) is 3.54. The number of para-hydroxylation sites is 1. The number of piperidine rings is 1. The molecule has 1 N–H and O–H groups in total. The molecule has 1 aliphatic rings. The van der Waals surface area contributed by atoms with Gasteiger partial charge in [0.2, 0.25) is 5.91 Å². The number of nitrogens with one attached hydrogen (secondary N) is 1. The number of ether oxygens (including phenoxy) is 1. The van der Waals surface area contributed by atoms with Crippen molar-refractivity contribution < 1.29 is 13.9 Å². The smallest absolute Gasteiger partial charge is 0.224 e. The van der Waals surface area contributed by atoms with Gasteiger partial charge in [0.15, 0.2) is 0 Å². The lowest BCUT2D eigenvalue weighted by Crippen LogP contribution is -2.35. The number of methoxy groups -OCH3 is 1. The molecule has 29 heavy (non-hydrogen) atoms. The largest absolute Gasteiger partial charge is 0.496 e. The molecular weight excluding hydrogens is 367 g/mol. The fourth-order valence-electron chi connectivity index (χ4n) is 4.13. The van der Waals surface area contributed by atoms with Gasteiger partial charge in [-0.2, -0.15) is 0 Å². The molecule has 1 unspecified atom stereocenters. The Morgan fingerprint density at radius 3 is 2.76 bits per heavy atom. The Balaban J connectivity index is 1.51. The van der Waals surface area contributed by atoms with Crippen molar-refractivity contribution >= 4 is 11.6 Å². The number of hydrogen-bond acceptors (Lipinski definition) is 3. The van der Waals surface area contributed by atoms with Crippen molar-refractivity contribution in [1.82, 2.24) is 4.90 Å². The minimum atomic E-state index is -0.394. The highest BCUT2D eigenvalue weighted by Crippen LogP contribution is 2.27. The highest BCUT2D eigenvalue weighted by Gasteiger charge is 2.22. The first kappa shape index (κ1) is 21.3. The molecule has 3 rings (SSSR count). The summed E-state index contributed by atoms with van der Waals surface area (Å²) in [5.41, 5.74) is 4.08. The van der Waals surface area contributed by atoms with E-state index in [2.05, 4.69) is 30.1 Å². The van der Waals surface area contributed by atoms with Crippen molar-refractivity contribution in [3.63, 3.8) is 0 Å². The molecule has 0 aliphatic carbocycles. The number of carbonyl (C=O) groups is 1. The quantitative estimate of drug-likeness (QED) is 0.707. The Labute approximate surface area is 173 Å². The van der Waals surface area contributed by atoms with E-state index in [1.807, 2.05) is 6.07 Å². The van der Waals surface area contributed by atoms with Crippen LogP contribution in [0.4, 0.5) is 10.1 Å². The predicted molar refractivity (Wildman–Crippen MR) is 115 cm³/mol. The molecule has 156 valence electrons. The molecule has 0 aromatic heterocycles. The molecule has 0 saturated carbocycles.